The van der Waals surface area contributed by atoms with E-state index in [-0.39, 0.29) is 17.7 Å². The van der Waals surface area contributed by atoms with Crippen molar-refractivity contribution in [1.82, 2.24) is 14.9 Å². The number of carbonyl (C=O) groups is 1. The summed E-state index contributed by atoms with van der Waals surface area (Å²) < 4.78 is 12.4. The van der Waals surface area contributed by atoms with Crippen molar-refractivity contribution < 1.29 is 14.1 Å². The van der Waals surface area contributed by atoms with Crippen molar-refractivity contribution >= 4 is 17.5 Å². The molecule has 0 unspecified atom stereocenters. The topological polar surface area (TPSA) is 85.4 Å². The van der Waals surface area contributed by atoms with Gasteiger partial charge in [-0.15, -0.1) is 0 Å². The Kier molecular flexibility index (Phi) is 4.88. The first-order valence-electron chi connectivity index (χ1n) is 8.83. The maximum absolute atomic E-state index is 12.4. The third kappa shape index (κ3) is 4.01. The van der Waals surface area contributed by atoms with Crippen LogP contribution in [0.5, 0.6) is 0 Å². The number of ether oxygens (including phenoxy) is 1. The van der Waals surface area contributed by atoms with Gasteiger partial charge >= 0.3 is 0 Å². The van der Waals surface area contributed by atoms with Gasteiger partial charge in [0.25, 0.3) is 5.91 Å². The van der Waals surface area contributed by atoms with Gasteiger partial charge in [-0.1, -0.05) is 35.5 Å². The highest BCUT2D eigenvalue weighted by molar-refractivity contribution is 6.03. The molecule has 27 heavy (non-hydrogen) atoms. The minimum absolute atomic E-state index is 0.183. The van der Waals surface area contributed by atoms with Gasteiger partial charge in [0.1, 0.15) is 0 Å². The number of carbonyl (C=O) groups excluding carboxylic acids is 1. The molecule has 1 amide bonds. The van der Waals surface area contributed by atoms with Gasteiger partial charge in [0.15, 0.2) is 5.69 Å². The largest absolute Gasteiger partial charge is 0.380 e. The molecule has 1 fully saturated rings. The predicted octanol–water partition coefficient (Wildman–Crippen LogP) is 2.40. The van der Waals surface area contributed by atoms with E-state index >= 15 is 0 Å². The summed E-state index contributed by atoms with van der Waals surface area (Å²) in [5.41, 5.74) is 1.99. The monoisotopic (exact) mass is 367 g/mol. The van der Waals surface area contributed by atoms with E-state index in [9.17, 15) is 4.79 Å². The summed E-state index contributed by atoms with van der Waals surface area (Å²) in [6.07, 6.45) is 4.52. The van der Waals surface area contributed by atoms with Crippen LogP contribution in [-0.2, 0) is 11.3 Å². The molecule has 0 aliphatic carbocycles. The summed E-state index contributed by atoms with van der Waals surface area (Å²) in [5.74, 6) is 0.256. The molecule has 3 aromatic rings. The van der Waals surface area contributed by atoms with Crippen molar-refractivity contribution in [3.8, 4) is 0 Å². The van der Waals surface area contributed by atoms with E-state index in [4.69, 9.17) is 9.26 Å². The highest BCUT2D eigenvalue weighted by Gasteiger charge is 2.26. The molecule has 1 N–H and O–H groups in total. The number of amides is 1. The van der Waals surface area contributed by atoms with Crippen molar-refractivity contribution in [1.29, 1.82) is 0 Å². The summed E-state index contributed by atoms with van der Waals surface area (Å²) in [7, 11) is 1.70. The predicted molar refractivity (Wildman–Crippen MR) is 99.9 cm³/mol. The van der Waals surface area contributed by atoms with Crippen LogP contribution in [0.4, 0.5) is 11.6 Å². The zero-order valence-corrected chi connectivity index (χ0v) is 15.0. The fourth-order valence-electron chi connectivity index (χ4n) is 3.12. The molecular formula is C19H21N5O3. The van der Waals surface area contributed by atoms with Crippen LogP contribution in [0.25, 0.3) is 0 Å². The van der Waals surface area contributed by atoms with E-state index in [0.29, 0.717) is 18.1 Å². The summed E-state index contributed by atoms with van der Waals surface area (Å²) in [6.45, 7) is 2.19. The van der Waals surface area contributed by atoms with Gasteiger partial charge in [-0.3, -0.25) is 9.48 Å². The second kappa shape index (κ2) is 7.63. The van der Waals surface area contributed by atoms with E-state index in [0.717, 1.165) is 25.1 Å². The molecule has 0 saturated carbocycles. The molecule has 3 heterocycles. The summed E-state index contributed by atoms with van der Waals surface area (Å²) in [4.78, 5) is 14.4. The molecule has 1 aromatic carbocycles. The molecule has 0 radical (unpaired) electrons. The van der Waals surface area contributed by atoms with Crippen LogP contribution in [0.1, 0.15) is 22.5 Å². The lowest BCUT2D eigenvalue weighted by Gasteiger charge is -2.12. The fourth-order valence-corrected chi connectivity index (χ4v) is 3.12. The zero-order valence-electron chi connectivity index (χ0n) is 15.0. The van der Waals surface area contributed by atoms with Crippen LogP contribution in [0.15, 0.2) is 53.3 Å². The van der Waals surface area contributed by atoms with E-state index in [1.807, 2.05) is 35.2 Å². The number of benzene rings is 1. The van der Waals surface area contributed by atoms with Crippen LogP contribution < -0.4 is 10.2 Å². The molecule has 2 aromatic heterocycles. The third-order valence-electron chi connectivity index (χ3n) is 4.60. The van der Waals surface area contributed by atoms with Crippen molar-refractivity contribution in [2.75, 3.05) is 30.4 Å². The number of nitrogens with one attached hydrogen (secondary N) is 1. The highest BCUT2D eigenvalue weighted by Crippen LogP contribution is 2.23. The molecule has 1 aliphatic rings. The SMILES string of the molecule is CO[C@H]1CCN(c2cc(C(=O)Nc3cnn(Cc4ccccc4)c3)no2)C1. The number of hydrogen-bond donors (Lipinski definition) is 1. The average molecular weight is 367 g/mol. The van der Waals surface area contributed by atoms with Crippen LogP contribution in [0.3, 0.4) is 0 Å². The van der Waals surface area contributed by atoms with Crippen LogP contribution >= 0.6 is 0 Å². The first kappa shape index (κ1) is 17.3. The lowest BCUT2D eigenvalue weighted by atomic mass is 10.2. The quantitative estimate of drug-likeness (QED) is 0.720. The third-order valence-corrected chi connectivity index (χ3v) is 4.60. The molecule has 1 atom stereocenters. The number of nitrogens with zero attached hydrogens (tertiary/aromatic N) is 4. The number of methoxy groups -OCH3 is 1. The summed E-state index contributed by atoms with van der Waals surface area (Å²) >= 11 is 0. The van der Waals surface area contributed by atoms with E-state index in [2.05, 4.69) is 15.6 Å². The molecule has 1 aliphatic heterocycles. The Morgan fingerprint density at radius 2 is 2.22 bits per heavy atom. The van der Waals surface area contributed by atoms with Gasteiger partial charge in [-0.25, -0.2) is 0 Å². The molecule has 8 nitrogen and oxygen atoms in total. The Balaban J connectivity index is 1.37. The maximum Gasteiger partial charge on any atom is 0.278 e. The Hall–Kier alpha value is -3.13. The minimum Gasteiger partial charge on any atom is -0.380 e. The first-order chi connectivity index (χ1) is 13.2. The molecule has 8 heteroatoms. The Morgan fingerprint density at radius 3 is 3.00 bits per heavy atom. The van der Waals surface area contributed by atoms with E-state index in [1.165, 1.54) is 0 Å². The van der Waals surface area contributed by atoms with Gasteiger partial charge in [0.2, 0.25) is 5.88 Å². The minimum atomic E-state index is -0.327. The molecule has 1 saturated heterocycles. The Morgan fingerprint density at radius 1 is 1.37 bits per heavy atom. The molecular weight excluding hydrogens is 346 g/mol. The van der Waals surface area contributed by atoms with Crippen LogP contribution in [-0.4, -0.2) is 47.1 Å². The van der Waals surface area contributed by atoms with Gasteiger partial charge in [-0.05, 0) is 12.0 Å². The molecule has 140 valence electrons. The number of rotatable bonds is 6. The second-order valence-corrected chi connectivity index (χ2v) is 6.51. The zero-order chi connectivity index (χ0) is 18.6. The standard InChI is InChI=1S/C19H21N5O3/c1-26-16-7-8-23(13-16)18-9-17(22-27-18)19(25)21-15-10-20-24(12-15)11-14-5-3-2-4-6-14/h2-6,9-10,12,16H,7-8,11,13H2,1H3,(H,21,25)/t16-/m0/s1. The van der Waals surface area contributed by atoms with Crippen molar-refractivity contribution in [3.05, 3.63) is 60.0 Å². The molecule has 4 rings (SSSR count). The molecule has 0 spiro atoms. The van der Waals surface area contributed by atoms with E-state index in [1.54, 1.807) is 30.3 Å². The van der Waals surface area contributed by atoms with Gasteiger partial charge < -0.3 is 19.5 Å². The fraction of sp³-hybridized carbons (Fsp3) is 0.316. The first-order valence-corrected chi connectivity index (χ1v) is 8.83. The normalized spacial score (nSPS) is 16.6. The smallest absolute Gasteiger partial charge is 0.278 e. The van der Waals surface area contributed by atoms with E-state index < -0.39 is 0 Å². The van der Waals surface area contributed by atoms with Crippen molar-refractivity contribution in [3.63, 3.8) is 0 Å². The number of anilines is 2. The van der Waals surface area contributed by atoms with Crippen LogP contribution in [0.2, 0.25) is 0 Å². The maximum atomic E-state index is 12.4. The summed E-state index contributed by atoms with van der Waals surface area (Å²) in [6, 6.07) is 11.7. The average Bonchev–Trinajstić information content (AvgIpc) is 3.43. The summed E-state index contributed by atoms with van der Waals surface area (Å²) in [5, 5.41) is 11.0. The Labute approximate surface area is 156 Å². The lowest BCUT2D eigenvalue weighted by Crippen LogP contribution is -2.21. The Bertz CT molecular complexity index is 905. The second-order valence-electron chi connectivity index (χ2n) is 6.51. The van der Waals surface area contributed by atoms with Gasteiger partial charge in [0.05, 0.1) is 24.5 Å². The van der Waals surface area contributed by atoms with Crippen LogP contribution in [0, 0.1) is 0 Å². The van der Waals surface area contributed by atoms with Crippen molar-refractivity contribution in [2.45, 2.75) is 19.1 Å². The van der Waals surface area contributed by atoms with Gasteiger partial charge in [-0.2, -0.15) is 5.10 Å². The highest BCUT2D eigenvalue weighted by atomic mass is 16.5. The van der Waals surface area contributed by atoms with Gasteiger partial charge in [0, 0.05) is 32.5 Å². The number of aromatic nitrogens is 3. The number of hydrogen-bond acceptors (Lipinski definition) is 6. The van der Waals surface area contributed by atoms with Crippen molar-refractivity contribution in [2.24, 2.45) is 0 Å². The molecule has 0 bridgehead atoms. The lowest BCUT2D eigenvalue weighted by molar-refractivity contribution is 0.101.